The minimum absolute atomic E-state index is 0.0173. The molecule has 4 rings (SSSR count). The van der Waals surface area contributed by atoms with Gasteiger partial charge in [-0.05, 0) is 31.0 Å². The van der Waals surface area contributed by atoms with Crippen molar-refractivity contribution in [1.29, 1.82) is 5.26 Å². The van der Waals surface area contributed by atoms with E-state index < -0.39 is 35.2 Å². The Hall–Kier alpha value is -2.97. The van der Waals surface area contributed by atoms with Crippen LogP contribution in [0.2, 0.25) is 0 Å². The van der Waals surface area contributed by atoms with E-state index >= 15 is 0 Å². The molecule has 1 saturated carbocycles. The summed E-state index contributed by atoms with van der Waals surface area (Å²) in [5, 5.41) is 10.5. The van der Waals surface area contributed by atoms with Crippen molar-refractivity contribution in [1.82, 2.24) is 19.3 Å². The van der Waals surface area contributed by atoms with Gasteiger partial charge in [0.15, 0.2) is 5.82 Å². The van der Waals surface area contributed by atoms with Crippen LogP contribution in [0.1, 0.15) is 43.7 Å². The minimum atomic E-state index is -4.24. The van der Waals surface area contributed by atoms with Crippen molar-refractivity contribution in [2.45, 2.75) is 49.1 Å². The molecule has 2 heterocycles. The van der Waals surface area contributed by atoms with Crippen LogP contribution >= 0.6 is 0 Å². The number of alkyl halides is 2. The molecule has 0 saturated heterocycles. The summed E-state index contributed by atoms with van der Waals surface area (Å²) in [6.07, 6.45) is 6.85. The van der Waals surface area contributed by atoms with Gasteiger partial charge in [-0.1, -0.05) is 19.3 Å². The van der Waals surface area contributed by atoms with Crippen molar-refractivity contribution in [3.63, 3.8) is 0 Å². The van der Waals surface area contributed by atoms with Crippen LogP contribution in [0.15, 0.2) is 35.5 Å². The van der Waals surface area contributed by atoms with Gasteiger partial charge >= 0.3 is 0 Å². The molecule has 3 aromatic rings. The topological polar surface area (TPSA) is 101 Å². The highest BCUT2D eigenvalue weighted by Crippen LogP contribution is 2.39. The fourth-order valence-corrected chi connectivity index (χ4v) is 5.39. The summed E-state index contributed by atoms with van der Waals surface area (Å²) in [6, 6.07) is 4.89. The summed E-state index contributed by atoms with van der Waals surface area (Å²) in [4.78, 5) is 7.99. The SMILES string of the molecule is N#Cc1c(-c2ncc(S(=O)(=O)NC(CF)CF)cn2)n(C2CCCCC2)c2cc(F)ccc12. The highest BCUT2D eigenvalue weighted by molar-refractivity contribution is 7.89. The molecule has 0 bridgehead atoms. The van der Waals surface area contributed by atoms with Crippen LogP contribution in [0.5, 0.6) is 0 Å². The third-order valence-electron chi connectivity index (χ3n) is 5.86. The number of benzene rings is 1. The summed E-state index contributed by atoms with van der Waals surface area (Å²) < 4.78 is 68.3. The monoisotopic (exact) mass is 477 g/mol. The first-order chi connectivity index (χ1) is 15.9. The Bertz CT molecular complexity index is 1290. The number of hydrogen-bond donors (Lipinski definition) is 1. The lowest BCUT2D eigenvalue weighted by atomic mass is 9.95. The highest BCUT2D eigenvalue weighted by atomic mass is 32.2. The van der Waals surface area contributed by atoms with Gasteiger partial charge in [0.05, 0.1) is 29.5 Å². The summed E-state index contributed by atoms with van der Waals surface area (Å²) in [7, 11) is -4.24. The highest BCUT2D eigenvalue weighted by Gasteiger charge is 2.28. The third-order valence-corrected chi connectivity index (χ3v) is 7.34. The predicted octanol–water partition coefficient (Wildman–Crippen LogP) is 4.20. The van der Waals surface area contributed by atoms with Crippen LogP contribution in [0.3, 0.4) is 0 Å². The average Bonchev–Trinajstić information content (AvgIpc) is 3.16. The fourth-order valence-electron chi connectivity index (χ4n) is 4.30. The Morgan fingerprint density at radius 2 is 1.82 bits per heavy atom. The van der Waals surface area contributed by atoms with Crippen LogP contribution in [-0.2, 0) is 10.0 Å². The second kappa shape index (κ2) is 9.49. The maximum Gasteiger partial charge on any atom is 0.244 e. The van der Waals surface area contributed by atoms with E-state index in [1.807, 2.05) is 9.29 Å². The Labute approximate surface area is 189 Å². The van der Waals surface area contributed by atoms with E-state index in [1.54, 1.807) is 6.07 Å². The van der Waals surface area contributed by atoms with Crippen LogP contribution in [0, 0.1) is 17.1 Å². The first-order valence-corrected chi connectivity index (χ1v) is 12.1. The number of halogens is 3. The maximum absolute atomic E-state index is 14.1. The van der Waals surface area contributed by atoms with Crippen molar-refractivity contribution in [2.24, 2.45) is 0 Å². The summed E-state index contributed by atoms with van der Waals surface area (Å²) in [5.74, 6) is -0.322. The number of nitrogens with zero attached hydrogens (tertiary/aromatic N) is 4. The van der Waals surface area contributed by atoms with E-state index in [0.717, 1.165) is 44.5 Å². The maximum atomic E-state index is 14.1. The Morgan fingerprint density at radius 3 is 2.42 bits per heavy atom. The number of fused-ring (bicyclic) bond motifs is 1. The van der Waals surface area contributed by atoms with Crippen LogP contribution < -0.4 is 4.72 Å². The fraction of sp³-hybridized carbons (Fsp3) is 0.409. The predicted molar refractivity (Wildman–Crippen MR) is 116 cm³/mol. The van der Waals surface area contributed by atoms with Crippen molar-refractivity contribution in [3.05, 3.63) is 42.0 Å². The summed E-state index contributed by atoms with van der Waals surface area (Å²) >= 11 is 0. The van der Waals surface area contributed by atoms with E-state index in [1.165, 1.54) is 12.1 Å². The Morgan fingerprint density at radius 1 is 1.15 bits per heavy atom. The molecule has 1 aliphatic rings. The summed E-state index contributed by atoms with van der Waals surface area (Å²) in [6.45, 7) is -2.39. The average molecular weight is 478 g/mol. The molecule has 0 aliphatic heterocycles. The molecular weight excluding hydrogens is 455 g/mol. The molecule has 0 atom stereocenters. The standard InChI is InChI=1S/C22H22F3N5O2S/c23-9-15(10-24)29-33(31,32)17-12-27-22(28-13-17)21-19(11-26)18-7-6-14(25)8-20(18)30(21)16-4-2-1-3-5-16/h6-8,12-13,15-16,29H,1-5,9-10H2. The molecule has 0 radical (unpaired) electrons. The molecule has 2 aromatic heterocycles. The number of nitriles is 1. The van der Waals surface area contributed by atoms with Gasteiger partial charge in [0, 0.05) is 11.4 Å². The molecule has 0 amide bonds. The molecule has 1 aliphatic carbocycles. The van der Waals surface area contributed by atoms with Crippen molar-refractivity contribution >= 4 is 20.9 Å². The van der Waals surface area contributed by atoms with E-state index in [2.05, 4.69) is 16.0 Å². The molecule has 0 unspecified atom stereocenters. The molecule has 33 heavy (non-hydrogen) atoms. The van der Waals surface area contributed by atoms with Gasteiger partial charge < -0.3 is 4.57 Å². The minimum Gasteiger partial charge on any atom is -0.334 e. The molecule has 11 heteroatoms. The quantitative estimate of drug-likeness (QED) is 0.550. The first kappa shape index (κ1) is 23.2. The number of nitrogens with one attached hydrogen (secondary N) is 1. The number of aromatic nitrogens is 3. The number of sulfonamides is 1. The van der Waals surface area contributed by atoms with E-state index in [4.69, 9.17) is 0 Å². The second-order valence-corrected chi connectivity index (χ2v) is 9.74. The lowest BCUT2D eigenvalue weighted by Gasteiger charge is -2.26. The van der Waals surface area contributed by atoms with Gasteiger partial charge in [-0.15, -0.1) is 0 Å². The zero-order valence-electron chi connectivity index (χ0n) is 17.6. The van der Waals surface area contributed by atoms with E-state index in [9.17, 15) is 26.9 Å². The molecular formula is C22H22F3N5O2S. The normalized spacial score (nSPS) is 15.2. The molecule has 7 nitrogen and oxygen atoms in total. The zero-order chi connectivity index (χ0) is 23.6. The van der Waals surface area contributed by atoms with Gasteiger partial charge in [-0.2, -0.15) is 5.26 Å². The van der Waals surface area contributed by atoms with E-state index in [-0.39, 0.29) is 22.3 Å². The third kappa shape index (κ3) is 4.45. The largest absolute Gasteiger partial charge is 0.334 e. The Balaban J connectivity index is 1.83. The zero-order valence-corrected chi connectivity index (χ0v) is 18.5. The summed E-state index contributed by atoms with van der Waals surface area (Å²) in [5.41, 5.74) is 1.23. The molecule has 1 N–H and O–H groups in total. The number of hydrogen-bond acceptors (Lipinski definition) is 5. The van der Waals surface area contributed by atoms with Gasteiger partial charge in [0.1, 0.15) is 35.8 Å². The molecule has 1 aromatic carbocycles. The Kier molecular flexibility index (Phi) is 6.67. The lowest BCUT2D eigenvalue weighted by Crippen LogP contribution is -2.38. The van der Waals surface area contributed by atoms with Gasteiger partial charge in [0.25, 0.3) is 0 Å². The van der Waals surface area contributed by atoms with Crippen LogP contribution in [0.4, 0.5) is 13.2 Å². The van der Waals surface area contributed by atoms with Gasteiger partial charge in [-0.25, -0.2) is 36.3 Å². The number of rotatable bonds is 7. The smallest absolute Gasteiger partial charge is 0.244 e. The molecule has 1 fully saturated rings. The van der Waals surface area contributed by atoms with Crippen LogP contribution in [-0.4, -0.2) is 42.3 Å². The van der Waals surface area contributed by atoms with Crippen molar-refractivity contribution in [2.75, 3.05) is 13.3 Å². The molecule has 0 spiro atoms. The van der Waals surface area contributed by atoms with E-state index in [0.29, 0.717) is 16.6 Å². The first-order valence-electron chi connectivity index (χ1n) is 10.6. The van der Waals surface area contributed by atoms with Gasteiger partial charge in [-0.3, -0.25) is 0 Å². The second-order valence-electron chi connectivity index (χ2n) is 8.03. The molecule has 174 valence electrons. The van der Waals surface area contributed by atoms with Crippen molar-refractivity contribution < 1.29 is 21.6 Å². The lowest BCUT2D eigenvalue weighted by molar-refractivity contribution is 0.334. The van der Waals surface area contributed by atoms with Crippen LogP contribution in [0.25, 0.3) is 22.4 Å². The van der Waals surface area contributed by atoms with Crippen molar-refractivity contribution in [3.8, 4) is 17.6 Å². The van der Waals surface area contributed by atoms with Gasteiger partial charge in [0.2, 0.25) is 10.0 Å².